The van der Waals surface area contributed by atoms with E-state index in [1.54, 1.807) is 4.90 Å². The van der Waals surface area contributed by atoms with Gasteiger partial charge in [-0.1, -0.05) is 6.92 Å². The standard InChI is InChI=1S/C9H16N2O2/c1-3-6(2)11-5-7(9(10)13)4-8(11)12/h6-7H,3-5H2,1-2H3,(H2,10,13). The molecule has 2 atom stereocenters. The fourth-order valence-electron chi connectivity index (χ4n) is 1.57. The molecule has 1 fully saturated rings. The molecular formula is C9H16N2O2. The second-order valence-electron chi connectivity index (χ2n) is 3.61. The number of hydrogen-bond acceptors (Lipinski definition) is 2. The van der Waals surface area contributed by atoms with Crippen LogP contribution in [0.15, 0.2) is 0 Å². The van der Waals surface area contributed by atoms with Crippen molar-refractivity contribution >= 4 is 11.8 Å². The molecule has 2 N–H and O–H groups in total. The van der Waals surface area contributed by atoms with Gasteiger partial charge in [0, 0.05) is 19.0 Å². The van der Waals surface area contributed by atoms with Gasteiger partial charge < -0.3 is 10.6 Å². The van der Waals surface area contributed by atoms with Gasteiger partial charge in [-0.25, -0.2) is 0 Å². The van der Waals surface area contributed by atoms with Crippen LogP contribution < -0.4 is 5.73 Å². The largest absolute Gasteiger partial charge is 0.369 e. The highest BCUT2D eigenvalue weighted by molar-refractivity contribution is 5.88. The van der Waals surface area contributed by atoms with Crippen molar-refractivity contribution in [2.75, 3.05) is 6.54 Å². The number of carbonyl (C=O) groups excluding carboxylic acids is 2. The van der Waals surface area contributed by atoms with Crippen molar-refractivity contribution in [1.29, 1.82) is 0 Å². The van der Waals surface area contributed by atoms with E-state index in [1.165, 1.54) is 0 Å². The van der Waals surface area contributed by atoms with Crippen LogP contribution in [0, 0.1) is 5.92 Å². The number of nitrogens with zero attached hydrogens (tertiary/aromatic N) is 1. The smallest absolute Gasteiger partial charge is 0.223 e. The molecule has 0 spiro atoms. The molecule has 2 amide bonds. The minimum absolute atomic E-state index is 0.0538. The lowest BCUT2D eigenvalue weighted by Gasteiger charge is -2.23. The molecule has 4 nitrogen and oxygen atoms in total. The highest BCUT2D eigenvalue weighted by Crippen LogP contribution is 2.20. The third-order valence-electron chi connectivity index (χ3n) is 2.68. The molecule has 4 heteroatoms. The van der Waals surface area contributed by atoms with Gasteiger partial charge in [0.2, 0.25) is 11.8 Å². The lowest BCUT2D eigenvalue weighted by molar-refractivity contribution is -0.129. The van der Waals surface area contributed by atoms with Crippen LogP contribution in [0.2, 0.25) is 0 Å². The monoisotopic (exact) mass is 184 g/mol. The van der Waals surface area contributed by atoms with Crippen LogP contribution in [0.1, 0.15) is 26.7 Å². The summed E-state index contributed by atoms with van der Waals surface area (Å²) in [6, 6.07) is 0.219. The molecule has 0 aromatic heterocycles. The summed E-state index contributed by atoms with van der Waals surface area (Å²) >= 11 is 0. The van der Waals surface area contributed by atoms with Gasteiger partial charge in [-0.15, -0.1) is 0 Å². The van der Waals surface area contributed by atoms with E-state index in [2.05, 4.69) is 0 Å². The van der Waals surface area contributed by atoms with E-state index in [0.717, 1.165) is 6.42 Å². The number of hydrogen-bond donors (Lipinski definition) is 1. The average molecular weight is 184 g/mol. The Labute approximate surface area is 78.1 Å². The first-order valence-corrected chi connectivity index (χ1v) is 4.65. The van der Waals surface area contributed by atoms with Crippen molar-refractivity contribution in [3.63, 3.8) is 0 Å². The minimum atomic E-state index is -0.362. The van der Waals surface area contributed by atoms with Crippen molar-refractivity contribution < 1.29 is 9.59 Å². The first kappa shape index (κ1) is 10.0. The summed E-state index contributed by atoms with van der Waals surface area (Å²) in [5.74, 6) is -0.584. The number of primary amides is 1. The van der Waals surface area contributed by atoms with Gasteiger partial charge in [0.1, 0.15) is 0 Å². The number of amides is 2. The maximum absolute atomic E-state index is 11.4. The summed E-state index contributed by atoms with van der Waals surface area (Å²) in [7, 11) is 0. The molecule has 1 rings (SSSR count). The van der Waals surface area contributed by atoms with Crippen LogP contribution in [-0.2, 0) is 9.59 Å². The van der Waals surface area contributed by atoms with Crippen molar-refractivity contribution in [1.82, 2.24) is 4.90 Å². The molecule has 1 saturated heterocycles. The van der Waals surface area contributed by atoms with Crippen LogP contribution in [0.25, 0.3) is 0 Å². The zero-order chi connectivity index (χ0) is 10.0. The Morgan fingerprint density at radius 1 is 1.77 bits per heavy atom. The van der Waals surface area contributed by atoms with Gasteiger partial charge >= 0.3 is 0 Å². The first-order valence-electron chi connectivity index (χ1n) is 4.65. The van der Waals surface area contributed by atoms with E-state index in [4.69, 9.17) is 5.73 Å². The lowest BCUT2D eigenvalue weighted by Crippen LogP contribution is -2.35. The topological polar surface area (TPSA) is 63.4 Å². The maximum Gasteiger partial charge on any atom is 0.223 e. The molecule has 1 heterocycles. The molecule has 0 bridgehead atoms. The normalized spacial score (nSPS) is 24.9. The third-order valence-corrected chi connectivity index (χ3v) is 2.68. The van der Waals surface area contributed by atoms with Crippen LogP contribution >= 0.6 is 0 Å². The second-order valence-corrected chi connectivity index (χ2v) is 3.61. The molecule has 0 radical (unpaired) electrons. The summed E-state index contributed by atoms with van der Waals surface area (Å²) in [4.78, 5) is 24.0. The highest BCUT2D eigenvalue weighted by atomic mass is 16.2. The maximum atomic E-state index is 11.4. The van der Waals surface area contributed by atoms with Crippen molar-refractivity contribution in [2.45, 2.75) is 32.7 Å². The molecule has 74 valence electrons. The van der Waals surface area contributed by atoms with Gasteiger partial charge in [0.15, 0.2) is 0 Å². The quantitative estimate of drug-likeness (QED) is 0.677. The first-order chi connectivity index (χ1) is 6.06. The second kappa shape index (κ2) is 3.77. The molecule has 0 aliphatic carbocycles. The van der Waals surface area contributed by atoms with Gasteiger partial charge in [-0.2, -0.15) is 0 Å². The summed E-state index contributed by atoms with van der Waals surface area (Å²) in [5.41, 5.74) is 5.15. The van der Waals surface area contributed by atoms with E-state index in [1.807, 2.05) is 13.8 Å². The summed E-state index contributed by atoms with van der Waals surface area (Å²) < 4.78 is 0. The SMILES string of the molecule is CCC(C)N1CC(C(N)=O)CC1=O. The van der Waals surface area contributed by atoms with Crippen molar-refractivity contribution in [3.05, 3.63) is 0 Å². The molecule has 0 aromatic rings. The summed E-state index contributed by atoms with van der Waals surface area (Å²) in [6.45, 7) is 4.51. The van der Waals surface area contributed by atoms with Crippen molar-refractivity contribution in [2.24, 2.45) is 11.7 Å². The minimum Gasteiger partial charge on any atom is -0.369 e. The number of likely N-dealkylation sites (tertiary alicyclic amines) is 1. The summed E-state index contributed by atoms with van der Waals surface area (Å²) in [6.07, 6.45) is 1.21. The van der Waals surface area contributed by atoms with Crippen molar-refractivity contribution in [3.8, 4) is 0 Å². The zero-order valence-electron chi connectivity index (χ0n) is 8.12. The van der Waals surface area contributed by atoms with Crippen LogP contribution in [0.4, 0.5) is 0 Å². The van der Waals surface area contributed by atoms with E-state index in [0.29, 0.717) is 13.0 Å². The molecule has 1 aliphatic rings. The van der Waals surface area contributed by atoms with Crippen LogP contribution in [0.5, 0.6) is 0 Å². The highest BCUT2D eigenvalue weighted by Gasteiger charge is 2.34. The molecule has 0 aromatic carbocycles. The van der Waals surface area contributed by atoms with Gasteiger partial charge in [-0.05, 0) is 13.3 Å². The van der Waals surface area contributed by atoms with Crippen LogP contribution in [0.3, 0.4) is 0 Å². The molecule has 0 saturated carbocycles. The fourth-order valence-corrected chi connectivity index (χ4v) is 1.57. The van der Waals surface area contributed by atoms with Gasteiger partial charge in [0.25, 0.3) is 0 Å². The van der Waals surface area contributed by atoms with E-state index in [-0.39, 0.29) is 23.8 Å². The third kappa shape index (κ3) is 1.99. The Morgan fingerprint density at radius 2 is 2.38 bits per heavy atom. The van der Waals surface area contributed by atoms with E-state index < -0.39 is 0 Å². The number of rotatable bonds is 3. The van der Waals surface area contributed by atoms with Gasteiger partial charge in [-0.3, -0.25) is 9.59 Å². The van der Waals surface area contributed by atoms with Gasteiger partial charge in [0.05, 0.1) is 5.92 Å². The number of nitrogens with two attached hydrogens (primary N) is 1. The predicted molar refractivity (Wildman–Crippen MR) is 48.8 cm³/mol. The Morgan fingerprint density at radius 3 is 2.77 bits per heavy atom. The number of carbonyl (C=O) groups is 2. The average Bonchev–Trinajstić information content (AvgIpc) is 2.46. The Hall–Kier alpha value is -1.06. The molecular weight excluding hydrogens is 168 g/mol. The summed E-state index contributed by atoms with van der Waals surface area (Å²) in [5, 5.41) is 0. The lowest BCUT2D eigenvalue weighted by atomic mass is 10.1. The van der Waals surface area contributed by atoms with E-state index >= 15 is 0 Å². The Kier molecular flexibility index (Phi) is 2.90. The zero-order valence-corrected chi connectivity index (χ0v) is 8.12. The Bertz CT molecular complexity index is 228. The molecule has 1 aliphatic heterocycles. The fraction of sp³-hybridized carbons (Fsp3) is 0.778. The molecule has 2 unspecified atom stereocenters. The Balaban J connectivity index is 2.61. The van der Waals surface area contributed by atoms with Crippen LogP contribution in [-0.4, -0.2) is 29.3 Å². The molecule has 13 heavy (non-hydrogen) atoms. The predicted octanol–water partition coefficient (Wildman–Crippen LogP) is 0.119. The van der Waals surface area contributed by atoms with E-state index in [9.17, 15) is 9.59 Å².